The smallest absolute Gasteiger partial charge is 0.237 e. The van der Waals surface area contributed by atoms with Crippen LogP contribution in [0.4, 0.5) is 5.69 Å². The zero-order chi connectivity index (χ0) is 24.4. The number of rotatable bonds is 12. The second kappa shape index (κ2) is 13.0. The van der Waals surface area contributed by atoms with E-state index in [4.69, 9.17) is 10.5 Å². The fourth-order valence-electron chi connectivity index (χ4n) is 4.43. The number of hydrogen-bond donors (Lipinski definition) is 2. The summed E-state index contributed by atoms with van der Waals surface area (Å²) in [6.45, 7) is 14.8. The standard InChI is InChI=1S/C28H47N3O2/c1-21(2)16-17-31(20-28(5,6)30-27(32)26(29)18-22(3)4)24-12-14-25(15-13-24)33-19-23-10-8-7-9-11-23/h12-16,22-23,26H,7-11,17-20,29H2,1-6H3,(H,30,32)/t26-/m0/s1. The maximum Gasteiger partial charge on any atom is 0.237 e. The predicted octanol–water partition coefficient (Wildman–Crippen LogP) is 5.69. The first-order valence-corrected chi connectivity index (χ1v) is 12.7. The first-order chi connectivity index (χ1) is 15.6. The number of nitrogens with two attached hydrogens (primary N) is 1. The third-order valence-electron chi connectivity index (χ3n) is 6.24. The van der Waals surface area contributed by atoms with Gasteiger partial charge in [-0.1, -0.05) is 44.8 Å². The Labute approximate surface area is 202 Å². The molecule has 1 atom stereocenters. The molecule has 0 spiro atoms. The van der Waals surface area contributed by atoms with E-state index in [1.807, 2.05) is 0 Å². The molecule has 0 aromatic heterocycles. The lowest BCUT2D eigenvalue weighted by molar-refractivity contribution is -0.124. The molecule has 0 heterocycles. The van der Waals surface area contributed by atoms with Crippen molar-refractivity contribution in [2.75, 3.05) is 24.6 Å². The number of amides is 1. The topological polar surface area (TPSA) is 67.6 Å². The third-order valence-corrected chi connectivity index (χ3v) is 6.24. The van der Waals surface area contributed by atoms with Gasteiger partial charge >= 0.3 is 0 Å². The highest BCUT2D eigenvalue weighted by molar-refractivity contribution is 5.82. The molecule has 0 saturated heterocycles. The van der Waals surface area contributed by atoms with Crippen molar-refractivity contribution >= 4 is 11.6 Å². The van der Waals surface area contributed by atoms with Gasteiger partial charge in [-0.2, -0.15) is 0 Å². The van der Waals surface area contributed by atoms with E-state index in [-0.39, 0.29) is 5.91 Å². The van der Waals surface area contributed by atoms with Gasteiger partial charge in [0.25, 0.3) is 0 Å². The number of hydrogen-bond acceptors (Lipinski definition) is 4. The molecule has 0 unspecified atom stereocenters. The molecule has 1 aromatic rings. The summed E-state index contributed by atoms with van der Waals surface area (Å²) in [7, 11) is 0. The summed E-state index contributed by atoms with van der Waals surface area (Å²) in [6, 6.07) is 7.90. The number of ether oxygens (including phenoxy) is 1. The van der Waals surface area contributed by atoms with Gasteiger partial charge in [0.1, 0.15) is 5.75 Å². The van der Waals surface area contributed by atoms with E-state index >= 15 is 0 Å². The summed E-state index contributed by atoms with van der Waals surface area (Å²) < 4.78 is 6.09. The number of allylic oxidation sites excluding steroid dienone is 1. The Morgan fingerprint density at radius 3 is 2.39 bits per heavy atom. The molecule has 186 valence electrons. The van der Waals surface area contributed by atoms with Gasteiger partial charge in [-0.05, 0) is 83.1 Å². The Morgan fingerprint density at radius 2 is 1.82 bits per heavy atom. The minimum atomic E-state index is -0.476. The van der Waals surface area contributed by atoms with Crippen molar-refractivity contribution in [3.05, 3.63) is 35.9 Å². The van der Waals surface area contributed by atoms with Gasteiger partial charge in [-0.15, -0.1) is 0 Å². The fraction of sp³-hybridized carbons (Fsp3) is 0.679. The first-order valence-electron chi connectivity index (χ1n) is 12.7. The lowest BCUT2D eigenvalue weighted by Crippen LogP contribution is -2.55. The van der Waals surface area contributed by atoms with Crippen molar-refractivity contribution in [3.8, 4) is 5.75 Å². The van der Waals surface area contributed by atoms with Gasteiger partial charge in [-0.3, -0.25) is 4.79 Å². The van der Waals surface area contributed by atoms with Gasteiger partial charge in [0, 0.05) is 18.8 Å². The summed E-state index contributed by atoms with van der Waals surface area (Å²) >= 11 is 0. The van der Waals surface area contributed by atoms with Crippen molar-refractivity contribution in [1.29, 1.82) is 0 Å². The lowest BCUT2D eigenvalue weighted by Gasteiger charge is -2.35. The molecule has 1 aromatic carbocycles. The molecule has 3 N–H and O–H groups in total. The Hall–Kier alpha value is -2.01. The van der Waals surface area contributed by atoms with E-state index in [1.165, 1.54) is 37.7 Å². The Kier molecular flexibility index (Phi) is 10.7. The minimum Gasteiger partial charge on any atom is -0.493 e. The summed E-state index contributed by atoms with van der Waals surface area (Å²) in [5, 5.41) is 3.17. The number of anilines is 1. The second-order valence-electron chi connectivity index (χ2n) is 11.1. The number of carbonyl (C=O) groups excluding carboxylic acids is 1. The van der Waals surface area contributed by atoms with Crippen LogP contribution in [0.25, 0.3) is 0 Å². The zero-order valence-electron chi connectivity index (χ0n) is 21.8. The van der Waals surface area contributed by atoms with Crippen molar-refractivity contribution in [2.24, 2.45) is 17.6 Å². The highest BCUT2D eigenvalue weighted by Crippen LogP contribution is 2.26. The average molecular weight is 458 g/mol. The van der Waals surface area contributed by atoms with Crippen LogP contribution in [0.3, 0.4) is 0 Å². The fourth-order valence-corrected chi connectivity index (χ4v) is 4.43. The predicted molar refractivity (Wildman–Crippen MR) is 140 cm³/mol. The van der Waals surface area contributed by atoms with Crippen LogP contribution in [0.1, 0.15) is 80.1 Å². The van der Waals surface area contributed by atoms with Crippen molar-refractivity contribution in [3.63, 3.8) is 0 Å². The molecule has 1 aliphatic carbocycles. The average Bonchev–Trinajstić information content (AvgIpc) is 2.75. The van der Waals surface area contributed by atoms with Crippen molar-refractivity contribution < 1.29 is 9.53 Å². The number of nitrogens with one attached hydrogen (secondary N) is 1. The summed E-state index contributed by atoms with van der Waals surface area (Å²) in [5.41, 5.74) is 8.08. The van der Waals surface area contributed by atoms with Crippen LogP contribution in [-0.2, 0) is 4.79 Å². The van der Waals surface area contributed by atoms with Crippen LogP contribution < -0.4 is 20.7 Å². The molecule has 33 heavy (non-hydrogen) atoms. The van der Waals surface area contributed by atoms with E-state index < -0.39 is 11.6 Å². The first kappa shape index (κ1) is 27.2. The molecular formula is C28H47N3O2. The molecule has 1 fully saturated rings. The van der Waals surface area contributed by atoms with E-state index in [0.29, 0.717) is 24.8 Å². The van der Waals surface area contributed by atoms with Crippen molar-refractivity contribution in [2.45, 2.75) is 91.6 Å². The van der Waals surface area contributed by atoms with Crippen LogP contribution in [0.15, 0.2) is 35.9 Å². The molecule has 1 amide bonds. The molecule has 5 heteroatoms. The normalized spacial score (nSPS) is 15.8. The third kappa shape index (κ3) is 10.2. The van der Waals surface area contributed by atoms with Crippen LogP contribution in [0.2, 0.25) is 0 Å². The van der Waals surface area contributed by atoms with Gasteiger partial charge in [0.2, 0.25) is 5.91 Å². The maximum absolute atomic E-state index is 12.6. The number of nitrogens with zero attached hydrogens (tertiary/aromatic N) is 1. The van der Waals surface area contributed by atoms with Gasteiger partial charge < -0.3 is 20.7 Å². The van der Waals surface area contributed by atoms with Crippen LogP contribution in [-0.4, -0.2) is 37.2 Å². The number of benzene rings is 1. The Balaban J connectivity index is 2.03. The van der Waals surface area contributed by atoms with Gasteiger partial charge in [0.15, 0.2) is 0 Å². The lowest BCUT2D eigenvalue weighted by atomic mass is 9.90. The second-order valence-corrected chi connectivity index (χ2v) is 11.1. The Bertz CT molecular complexity index is 745. The summed E-state index contributed by atoms with van der Waals surface area (Å²) in [6.07, 6.45) is 9.52. The molecule has 2 rings (SSSR count). The molecule has 1 saturated carbocycles. The Morgan fingerprint density at radius 1 is 1.18 bits per heavy atom. The number of carbonyl (C=O) groups is 1. The largest absolute Gasteiger partial charge is 0.493 e. The van der Waals surface area contributed by atoms with E-state index in [1.54, 1.807) is 0 Å². The van der Waals surface area contributed by atoms with E-state index in [0.717, 1.165) is 24.6 Å². The van der Waals surface area contributed by atoms with Crippen LogP contribution in [0.5, 0.6) is 5.75 Å². The van der Waals surface area contributed by atoms with Gasteiger partial charge in [-0.25, -0.2) is 0 Å². The van der Waals surface area contributed by atoms with Gasteiger partial charge in [0.05, 0.1) is 18.2 Å². The molecule has 0 bridgehead atoms. The molecule has 5 nitrogen and oxygen atoms in total. The zero-order valence-corrected chi connectivity index (χ0v) is 21.8. The van der Waals surface area contributed by atoms with E-state index in [2.05, 4.69) is 82.1 Å². The molecule has 1 aliphatic rings. The highest BCUT2D eigenvalue weighted by Gasteiger charge is 2.27. The maximum atomic E-state index is 12.6. The van der Waals surface area contributed by atoms with E-state index in [9.17, 15) is 4.79 Å². The highest BCUT2D eigenvalue weighted by atomic mass is 16.5. The monoisotopic (exact) mass is 457 g/mol. The quantitative estimate of drug-likeness (QED) is 0.396. The molecule has 0 radical (unpaired) electrons. The SMILES string of the molecule is CC(C)=CCN(CC(C)(C)NC(=O)[C@@H](N)CC(C)C)c1ccc(OCC2CCCCC2)cc1. The van der Waals surface area contributed by atoms with Crippen molar-refractivity contribution in [1.82, 2.24) is 5.32 Å². The van der Waals surface area contributed by atoms with Crippen LogP contribution >= 0.6 is 0 Å². The van der Waals surface area contributed by atoms with Crippen LogP contribution in [0, 0.1) is 11.8 Å². The summed E-state index contributed by atoms with van der Waals surface area (Å²) in [4.78, 5) is 14.9. The molecule has 0 aliphatic heterocycles. The minimum absolute atomic E-state index is 0.0812. The molecular weight excluding hydrogens is 410 g/mol. The summed E-state index contributed by atoms with van der Waals surface area (Å²) in [5.74, 6) is 1.93.